The molecule has 1 atom stereocenters. The van der Waals surface area contributed by atoms with Crippen molar-refractivity contribution in [2.75, 3.05) is 27.2 Å². The van der Waals surface area contributed by atoms with Gasteiger partial charge in [0.05, 0.1) is 7.11 Å². The Kier molecular flexibility index (Phi) is 6.53. The summed E-state index contributed by atoms with van der Waals surface area (Å²) in [5.41, 5.74) is 2.72. The number of benzene rings is 2. The molecule has 0 radical (unpaired) electrons. The number of amides is 3. The molecule has 2 N–H and O–H groups in total. The van der Waals surface area contributed by atoms with Gasteiger partial charge in [0.25, 0.3) is 5.91 Å². The van der Waals surface area contributed by atoms with E-state index in [2.05, 4.69) is 10.6 Å². The number of hydrogen-bond acceptors (Lipinski definition) is 3. The fraction of sp³-hybridized carbons (Fsp3) is 0.364. The van der Waals surface area contributed by atoms with Crippen LogP contribution >= 0.6 is 0 Å². The van der Waals surface area contributed by atoms with Gasteiger partial charge in [-0.15, -0.1) is 0 Å². The molecule has 0 saturated carbocycles. The van der Waals surface area contributed by atoms with E-state index in [1.165, 1.54) is 0 Å². The summed E-state index contributed by atoms with van der Waals surface area (Å²) in [4.78, 5) is 26.4. The summed E-state index contributed by atoms with van der Waals surface area (Å²) in [6.45, 7) is 1.89. The van der Waals surface area contributed by atoms with Crippen LogP contribution in [0.3, 0.4) is 0 Å². The second-order valence-corrected chi connectivity index (χ2v) is 7.00. The van der Waals surface area contributed by atoms with Gasteiger partial charge in [-0.05, 0) is 48.2 Å². The van der Waals surface area contributed by atoms with Crippen LogP contribution in [0.2, 0.25) is 0 Å². The molecule has 6 heteroatoms. The summed E-state index contributed by atoms with van der Waals surface area (Å²) in [7, 11) is 3.28. The monoisotopic (exact) mass is 381 g/mol. The molecule has 0 aromatic heterocycles. The number of methoxy groups -OCH3 is 1. The lowest BCUT2D eigenvalue weighted by atomic mass is 9.89. The van der Waals surface area contributed by atoms with E-state index in [0.29, 0.717) is 18.7 Å². The van der Waals surface area contributed by atoms with Gasteiger partial charge in [-0.2, -0.15) is 0 Å². The minimum atomic E-state index is -0.108. The number of piperidine rings is 1. The highest BCUT2D eigenvalue weighted by Crippen LogP contribution is 2.27. The summed E-state index contributed by atoms with van der Waals surface area (Å²) >= 11 is 0. The molecule has 2 aromatic carbocycles. The quantitative estimate of drug-likeness (QED) is 0.836. The number of carbonyl (C=O) groups is 2. The molecule has 2 aromatic rings. The molecule has 1 saturated heterocycles. The van der Waals surface area contributed by atoms with E-state index in [4.69, 9.17) is 4.74 Å². The Balaban J connectivity index is 1.65. The zero-order chi connectivity index (χ0) is 19.9. The Labute approximate surface area is 165 Å². The smallest absolute Gasteiger partial charge is 0.317 e. The Morgan fingerprint density at radius 3 is 2.79 bits per heavy atom. The van der Waals surface area contributed by atoms with Gasteiger partial charge in [-0.1, -0.05) is 24.3 Å². The summed E-state index contributed by atoms with van der Waals surface area (Å²) in [6, 6.07) is 15.3. The van der Waals surface area contributed by atoms with Crippen molar-refractivity contribution < 1.29 is 14.3 Å². The Morgan fingerprint density at radius 1 is 1.18 bits per heavy atom. The van der Waals surface area contributed by atoms with Crippen molar-refractivity contribution >= 4 is 11.9 Å². The molecule has 0 bridgehead atoms. The third-order valence-corrected chi connectivity index (χ3v) is 5.13. The number of nitrogens with one attached hydrogen (secondary N) is 2. The van der Waals surface area contributed by atoms with Crippen LogP contribution in [0.25, 0.3) is 0 Å². The molecule has 0 aliphatic carbocycles. The minimum Gasteiger partial charge on any atom is -0.497 e. The lowest BCUT2D eigenvalue weighted by Gasteiger charge is -2.32. The molecule has 1 aliphatic heterocycles. The van der Waals surface area contributed by atoms with Gasteiger partial charge in [0, 0.05) is 38.2 Å². The molecule has 148 valence electrons. The first-order valence-electron chi connectivity index (χ1n) is 9.58. The van der Waals surface area contributed by atoms with E-state index in [9.17, 15) is 9.59 Å². The number of hydrogen-bond donors (Lipinski definition) is 2. The molecular formula is C22H27N3O3. The first-order valence-corrected chi connectivity index (χ1v) is 9.58. The third-order valence-electron chi connectivity index (χ3n) is 5.13. The highest BCUT2D eigenvalue weighted by Gasteiger charge is 2.24. The first kappa shape index (κ1) is 19.7. The molecule has 0 spiro atoms. The highest BCUT2D eigenvalue weighted by atomic mass is 16.5. The summed E-state index contributed by atoms with van der Waals surface area (Å²) < 4.78 is 5.22. The van der Waals surface area contributed by atoms with Gasteiger partial charge in [-0.3, -0.25) is 4.79 Å². The normalized spacial score (nSPS) is 16.4. The number of ether oxygens (including phenoxy) is 1. The lowest BCUT2D eigenvalue weighted by molar-refractivity contribution is 0.0950. The van der Waals surface area contributed by atoms with Crippen LogP contribution < -0.4 is 15.4 Å². The highest BCUT2D eigenvalue weighted by molar-refractivity contribution is 5.94. The largest absolute Gasteiger partial charge is 0.497 e. The Hall–Kier alpha value is -3.02. The van der Waals surface area contributed by atoms with Crippen LogP contribution in [-0.2, 0) is 6.54 Å². The maximum atomic E-state index is 12.6. The number of rotatable bonds is 5. The second kappa shape index (κ2) is 9.26. The third kappa shape index (κ3) is 4.82. The average molecular weight is 381 g/mol. The van der Waals surface area contributed by atoms with Gasteiger partial charge in [0.15, 0.2) is 0 Å². The maximum Gasteiger partial charge on any atom is 0.317 e. The SMILES string of the molecule is CNC(=O)N1CCCC(c2cccc(C(=O)NCc3cccc(OC)c3)c2)C1. The lowest BCUT2D eigenvalue weighted by Crippen LogP contribution is -2.43. The van der Waals surface area contributed by atoms with E-state index in [1.54, 1.807) is 14.2 Å². The number of urea groups is 1. The van der Waals surface area contributed by atoms with Crippen molar-refractivity contribution in [2.45, 2.75) is 25.3 Å². The predicted molar refractivity (Wildman–Crippen MR) is 109 cm³/mol. The van der Waals surface area contributed by atoms with Gasteiger partial charge in [0.2, 0.25) is 0 Å². The van der Waals surface area contributed by atoms with Crippen LogP contribution in [0.4, 0.5) is 4.79 Å². The molecule has 1 heterocycles. The number of likely N-dealkylation sites (tertiary alicyclic amines) is 1. The molecule has 1 aliphatic rings. The Morgan fingerprint density at radius 2 is 2.00 bits per heavy atom. The fourth-order valence-electron chi connectivity index (χ4n) is 3.59. The molecule has 1 fully saturated rings. The van der Waals surface area contributed by atoms with Crippen LogP contribution in [-0.4, -0.2) is 44.1 Å². The predicted octanol–water partition coefficient (Wildman–Crippen LogP) is 3.14. The van der Waals surface area contributed by atoms with Crippen molar-refractivity contribution in [1.29, 1.82) is 0 Å². The van der Waals surface area contributed by atoms with E-state index in [1.807, 2.05) is 53.4 Å². The van der Waals surface area contributed by atoms with E-state index in [0.717, 1.165) is 36.3 Å². The van der Waals surface area contributed by atoms with Crippen molar-refractivity contribution in [3.8, 4) is 5.75 Å². The topological polar surface area (TPSA) is 70.7 Å². The van der Waals surface area contributed by atoms with Crippen LogP contribution in [0, 0.1) is 0 Å². The van der Waals surface area contributed by atoms with Crippen LogP contribution in [0.15, 0.2) is 48.5 Å². The first-order chi connectivity index (χ1) is 13.6. The maximum absolute atomic E-state index is 12.6. The van der Waals surface area contributed by atoms with Crippen molar-refractivity contribution in [3.05, 3.63) is 65.2 Å². The zero-order valence-corrected chi connectivity index (χ0v) is 16.4. The van der Waals surface area contributed by atoms with E-state index < -0.39 is 0 Å². The molecule has 3 amide bonds. The zero-order valence-electron chi connectivity index (χ0n) is 16.4. The number of nitrogens with zero attached hydrogens (tertiary/aromatic N) is 1. The summed E-state index contributed by atoms with van der Waals surface area (Å²) in [5, 5.41) is 5.65. The van der Waals surface area contributed by atoms with Gasteiger partial charge in [-0.25, -0.2) is 4.79 Å². The van der Waals surface area contributed by atoms with E-state index in [-0.39, 0.29) is 17.9 Å². The number of carbonyl (C=O) groups excluding carboxylic acids is 2. The van der Waals surface area contributed by atoms with Crippen molar-refractivity contribution in [1.82, 2.24) is 15.5 Å². The molecule has 3 rings (SSSR count). The van der Waals surface area contributed by atoms with Gasteiger partial charge < -0.3 is 20.3 Å². The Bertz CT molecular complexity index is 837. The molecule has 1 unspecified atom stereocenters. The van der Waals surface area contributed by atoms with Crippen molar-refractivity contribution in [2.24, 2.45) is 0 Å². The second-order valence-electron chi connectivity index (χ2n) is 7.00. The molecule has 28 heavy (non-hydrogen) atoms. The van der Waals surface area contributed by atoms with Gasteiger partial charge >= 0.3 is 6.03 Å². The fourth-order valence-corrected chi connectivity index (χ4v) is 3.59. The summed E-state index contributed by atoms with van der Waals surface area (Å²) in [6.07, 6.45) is 1.98. The van der Waals surface area contributed by atoms with Gasteiger partial charge in [0.1, 0.15) is 5.75 Å². The molecular weight excluding hydrogens is 354 g/mol. The minimum absolute atomic E-state index is 0.0445. The van der Waals surface area contributed by atoms with Crippen molar-refractivity contribution in [3.63, 3.8) is 0 Å². The summed E-state index contributed by atoms with van der Waals surface area (Å²) in [5.74, 6) is 0.910. The van der Waals surface area contributed by atoms with Crippen LogP contribution in [0.5, 0.6) is 5.75 Å². The average Bonchev–Trinajstić information content (AvgIpc) is 2.77. The molecule has 6 nitrogen and oxygen atoms in total. The van der Waals surface area contributed by atoms with Crippen LogP contribution in [0.1, 0.15) is 40.2 Å². The van der Waals surface area contributed by atoms with E-state index >= 15 is 0 Å². The standard InChI is InChI=1S/C22H27N3O3/c1-23-22(27)25-11-5-9-19(15-25)17-7-4-8-18(13-17)21(26)24-14-16-6-3-10-20(12-16)28-2/h3-4,6-8,10,12-13,19H,5,9,11,14-15H2,1-2H3,(H,23,27)(H,24,26).